The van der Waals surface area contributed by atoms with Gasteiger partial charge in [0.05, 0.1) is 0 Å². The van der Waals surface area contributed by atoms with Crippen LogP contribution in [-0.2, 0) is 23.1 Å². The van der Waals surface area contributed by atoms with Crippen molar-refractivity contribution in [1.82, 2.24) is 0 Å². The minimum atomic E-state index is -3.44. The standard InChI is InChI=1S/C8H15O5P/c1-5-6-8(13-7(2)9)14(10,11-3)12-4/h6H,5H2,1-4H3/b8-6-. The zero-order valence-electron chi connectivity index (χ0n) is 8.77. The summed E-state index contributed by atoms with van der Waals surface area (Å²) in [6.45, 7) is 3.04. The van der Waals surface area contributed by atoms with Gasteiger partial charge in [-0.3, -0.25) is 9.36 Å². The van der Waals surface area contributed by atoms with Gasteiger partial charge in [-0.15, -0.1) is 0 Å². The summed E-state index contributed by atoms with van der Waals surface area (Å²) >= 11 is 0. The van der Waals surface area contributed by atoms with Gasteiger partial charge in [0.25, 0.3) is 0 Å². The molecule has 0 aromatic rings. The van der Waals surface area contributed by atoms with Crippen LogP contribution in [0.1, 0.15) is 20.3 Å². The number of carbonyl (C=O) groups excluding carboxylic acids is 1. The molecule has 0 unspecified atom stereocenters. The Labute approximate surface area is 83.6 Å². The number of hydrogen-bond donors (Lipinski definition) is 0. The van der Waals surface area contributed by atoms with E-state index in [0.717, 1.165) is 0 Å². The number of carbonyl (C=O) groups is 1. The van der Waals surface area contributed by atoms with E-state index in [4.69, 9.17) is 13.8 Å². The van der Waals surface area contributed by atoms with Gasteiger partial charge in [-0.25, -0.2) is 0 Å². The molecule has 0 N–H and O–H groups in total. The van der Waals surface area contributed by atoms with Crippen LogP contribution in [0.4, 0.5) is 0 Å². The van der Waals surface area contributed by atoms with E-state index in [2.05, 4.69) is 0 Å². The third kappa shape index (κ3) is 3.62. The summed E-state index contributed by atoms with van der Waals surface area (Å²) in [5.41, 5.74) is -0.0579. The highest BCUT2D eigenvalue weighted by Crippen LogP contribution is 2.55. The van der Waals surface area contributed by atoms with Gasteiger partial charge in [0.15, 0.2) is 0 Å². The topological polar surface area (TPSA) is 61.8 Å². The average Bonchev–Trinajstić information content (AvgIpc) is 2.15. The predicted octanol–water partition coefficient (Wildman–Crippen LogP) is 2.29. The summed E-state index contributed by atoms with van der Waals surface area (Å²) in [6.07, 6.45) is 2.06. The fourth-order valence-electron chi connectivity index (χ4n) is 0.786. The molecule has 0 saturated carbocycles. The van der Waals surface area contributed by atoms with Gasteiger partial charge in [-0.1, -0.05) is 6.92 Å². The van der Waals surface area contributed by atoms with Crippen molar-refractivity contribution in [2.24, 2.45) is 0 Å². The van der Waals surface area contributed by atoms with E-state index in [0.29, 0.717) is 6.42 Å². The highest BCUT2D eigenvalue weighted by atomic mass is 31.2. The molecule has 82 valence electrons. The third-order valence-corrected chi connectivity index (χ3v) is 3.15. The van der Waals surface area contributed by atoms with Crippen molar-refractivity contribution in [3.8, 4) is 0 Å². The first-order valence-corrected chi connectivity index (χ1v) is 5.65. The van der Waals surface area contributed by atoms with Crippen LogP contribution in [-0.4, -0.2) is 20.2 Å². The lowest BCUT2D eigenvalue weighted by Crippen LogP contribution is -2.02. The summed E-state index contributed by atoms with van der Waals surface area (Å²) in [7, 11) is -0.977. The van der Waals surface area contributed by atoms with Crippen molar-refractivity contribution in [3.05, 3.63) is 11.6 Å². The van der Waals surface area contributed by atoms with E-state index in [-0.39, 0.29) is 5.50 Å². The number of hydrogen-bond acceptors (Lipinski definition) is 5. The molecule has 0 saturated heterocycles. The highest BCUT2D eigenvalue weighted by molar-refractivity contribution is 7.58. The van der Waals surface area contributed by atoms with Crippen LogP contribution in [0, 0.1) is 0 Å². The van der Waals surface area contributed by atoms with Crippen LogP contribution in [0.15, 0.2) is 11.6 Å². The minimum absolute atomic E-state index is 0.0579. The minimum Gasteiger partial charge on any atom is -0.418 e. The Hall–Kier alpha value is -0.640. The molecule has 0 heterocycles. The summed E-state index contributed by atoms with van der Waals surface area (Å²) < 4.78 is 25.9. The monoisotopic (exact) mass is 222 g/mol. The molecule has 0 spiro atoms. The van der Waals surface area contributed by atoms with Gasteiger partial charge in [0.1, 0.15) is 0 Å². The SMILES string of the molecule is CC/C=C(/OC(C)=O)P(=O)(OC)OC. The fourth-order valence-corrected chi connectivity index (χ4v) is 1.94. The molecule has 5 nitrogen and oxygen atoms in total. The highest BCUT2D eigenvalue weighted by Gasteiger charge is 2.30. The third-order valence-electron chi connectivity index (χ3n) is 1.38. The maximum absolute atomic E-state index is 11.8. The molecule has 0 aliphatic rings. The zero-order valence-corrected chi connectivity index (χ0v) is 9.67. The Bertz CT molecular complexity index is 263. The van der Waals surface area contributed by atoms with E-state index >= 15 is 0 Å². The second-order valence-electron chi connectivity index (χ2n) is 2.41. The smallest absolute Gasteiger partial charge is 0.395 e. The van der Waals surface area contributed by atoms with Crippen LogP contribution in [0.3, 0.4) is 0 Å². The normalized spacial score (nSPS) is 12.7. The second kappa shape index (κ2) is 5.96. The Balaban J connectivity index is 4.90. The van der Waals surface area contributed by atoms with E-state index < -0.39 is 13.6 Å². The summed E-state index contributed by atoms with van der Waals surface area (Å²) in [6, 6.07) is 0. The van der Waals surface area contributed by atoms with Crippen molar-refractivity contribution >= 4 is 13.6 Å². The Morgan fingerprint density at radius 2 is 1.86 bits per heavy atom. The molecule has 0 aliphatic heterocycles. The predicted molar refractivity (Wildman–Crippen MR) is 51.8 cm³/mol. The molecular formula is C8H15O5P. The number of allylic oxidation sites excluding steroid dienone is 1. The van der Waals surface area contributed by atoms with Crippen molar-refractivity contribution in [2.45, 2.75) is 20.3 Å². The molecule has 0 aromatic heterocycles. The molecule has 0 aromatic carbocycles. The number of esters is 1. The maximum atomic E-state index is 11.8. The van der Waals surface area contributed by atoms with Gasteiger partial charge in [-0.2, -0.15) is 0 Å². The van der Waals surface area contributed by atoms with Crippen molar-refractivity contribution in [2.75, 3.05) is 14.2 Å². The van der Waals surface area contributed by atoms with Gasteiger partial charge in [-0.05, 0) is 12.5 Å². The largest absolute Gasteiger partial charge is 0.418 e. The fraction of sp³-hybridized carbons (Fsp3) is 0.625. The molecule has 0 aliphatic carbocycles. The van der Waals surface area contributed by atoms with Gasteiger partial charge in [0, 0.05) is 21.1 Å². The van der Waals surface area contributed by atoms with Crippen molar-refractivity contribution in [1.29, 1.82) is 0 Å². The lowest BCUT2D eigenvalue weighted by Gasteiger charge is -2.15. The Morgan fingerprint density at radius 1 is 1.36 bits per heavy atom. The van der Waals surface area contributed by atoms with Crippen LogP contribution >= 0.6 is 7.60 Å². The van der Waals surface area contributed by atoms with Crippen LogP contribution < -0.4 is 0 Å². The number of ether oxygens (including phenoxy) is 1. The lowest BCUT2D eigenvalue weighted by atomic mass is 10.5. The molecule has 6 heteroatoms. The van der Waals surface area contributed by atoms with Crippen LogP contribution in [0.5, 0.6) is 0 Å². The first-order valence-electron chi connectivity index (χ1n) is 4.10. The first kappa shape index (κ1) is 13.4. The summed E-state index contributed by atoms with van der Waals surface area (Å²) in [5, 5.41) is 0. The number of rotatable bonds is 5. The lowest BCUT2D eigenvalue weighted by molar-refractivity contribution is -0.136. The zero-order chi connectivity index (χ0) is 11.2. The van der Waals surface area contributed by atoms with E-state index in [1.807, 2.05) is 6.92 Å². The second-order valence-corrected chi connectivity index (χ2v) is 4.57. The molecule has 0 atom stereocenters. The van der Waals surface area contributed by atoms with Crippen molar-refractivity contribution in [3.63, 3.8) is 0 Å². The maximum Gasteiger partial charge on any atom is 0.395 e. The molecule has 0 fully saturated rings. The summed E-state index contributed by atoms with van der Waals surface area (Å²) in [4.78, 5) is 10.7. The quantitative estimate of drug-likeness (QED) is 0.405. The molecule has 0 radical (unpaired) electrons. The van der Waals surface area contributed by atoms with Crippen LogP contribution in [0.2, 0.25) is 0 Å². The molecule has 0 bridgehead atoms. The molecular weight excluding hydrogens is 207 g/mol. The Morgan fingerprint density at radius 3 is 2.14 bits per heavy atom. The molecule has 14 heavy (non-hydrogen) atoms. The van der Waals surface area contributed by atoms with Gasteiger partial charge in [0.2, 0.25) is 5.50 Å². The average molecular weight is 222 g/mol. The first-order chi connectivity index (χ1) is 6.50. The van der Waals surface area contributed by atoms with E-state index in [1.165, 1.54) is 27.2 Å². The van der Waals surface area contributed by atoms with Crippen molar-refractivity contribution < 1.29 is 23.1 Å². The van der Waals surface area contributed by atoms with E-state index in [1.54, 1.807) is 0 Å². The summed E-state index contributed by atoms with van der Waals surface area (Å²) in [5.74, 6) is -0.556. The van der Waals surface area contributed by atoms with Crippen LogP contribution in [0.25, 0.3) is 0 Å². The van der Waals surface area contributed by atoms with Gasteiger partial charge < -0.3 is 13.8 Å². The molecule has 0 amide bonds. The van der Waals surface area contributed by atoms with Gasteiger partial charge >= 0.3 is 13.6 Å². The Kier molecular flexibility index (Phi) is 5.69. The molecule has 0 rings (SSSR count). The van der Waals surface area contributed by atoms with E-state index in [9.17, 15) is 9.36 Å².